The summed E-state index contributed by atoms with van der Waals surface area (Å²) in [6.45, 7) is 0.879. The molecular formula is C6H10F6N4O4. The zero-order valence-corrected chi connectivity index (χ0v) is 10.3. The van der Waals surface area contributed by atoms with Crippen molar-refractivity contribution in [3.05, 3.63) is 10.1 Å². The van der Waals surface area contributed by atoms with Crippen molar-refractivity contribution in [2.24, 2.45) is 5.41 Å². The maximum Gasteiger partial charge on any atom is 0.338 e. The van der Waals surface area contributed by atoms with Crippen molar-refractivity contribution >= 4 is 0 Å². The quantitative estimate of drug-likeness (QED) is 0.223. The van der Waals surface area contributed by atoms with E-state index in [1.54, 1.807) is 0 Å². The highest BCUT2D eigenvalue weighted by Gasteiger charge is 2.64. The molecule has 0 saturated heterocycles. The summed E-state index contributed by atoms with van der Waals surface area (Å²) >= 11 is 0. The number of ether oxygens (including phenoxy) is 1. The van der Waals surface area contributed by atoms with Gasteiger partial charge in [-0.25, -0.2) is 0 Å². The number of methoxy groups -OCH3 is 1. The Labute approximate surface area is 107 Å². The first-order valence-electron chi connectivity index (χ1n) is 4.66. The molecule has 0 radical (unpaired) electrons. The maximum atomic E-state index is 12.8. The summed E-state index contributed by atoms with van der Waals surface area (Å²) in [5, 5.41) is 2.14. The summed E-state index contributed by atoms with van der Waals surface area (Å²) < 4.78 is 79.7. The van der Waals surface area contributed by atoms with Crippen LogP contribution in [-0.4, -0.2) is 40.3 Å². The lowest BCUT2D eigenvalue weighted by atomic mass is 9.85. The molecule has 8 nitrogen and oxygen atoms in total. The van der Waals surface area contributed by atoms with Crippen LogP contribution in [0.5, 0.6) is 0 Å². The van der Waals surface area contributed by atoms with Gasteiger partial charge < -0.3 is 4.74 Å². The highest BCUT2D eigenvalue weighted by molar-refractivity contribution is 4.88. The molecule has 0 spiro atoms. The van der Waals surface area contributed by atoms with Crippen molar-refractivity contribution in [2.45, 2.75) is 25.9 Å². The van der Waals surface area contributed by atoms with E-state index in [-0.39, 0.29) is 0 Å². The van der Waals surface area contributed by atoms with E-state index in [1.807, 2.05) is 0 Å². The first-order chi connectivity index (χ1) is 8.94. The molecule has 0 amide bonds. The van der Waals surface area contributed by atoms with E-state index in [1.165, 1.54) is 0 Å². The predicted molar refractivity (Wildman–Crippen MR) is 47.6 cm³/mol. The molecule has 20 heavy (non-hydrogen) atoms. The average Bonchev–Trinajstić information content (AvgIpc) is 2.22. The largest absolute Gasteiger partial charge is 0.338 e. The normalized spacial score (nSPS) is 16.1. The van der Waals surface area contributed by atoms with Crippen molar-refractivity contribution < 1.29 is 41.5 Å². The fourth-order valence-electron chi connectivity index (χ4n) is 1.55. The number of nitrogens with zero attached hydrogens (tertiary/aromatic N) is 4. The van der Waals surface area contributed by atoms with Gasteiger partial charge in [0.2, 0.25) is 0 Å². The summed E-state index contributed by atoms with van der Waals surface area (Å²) in [6, 6.07) is 0. The topological polar surface area (TPSA) is 71.3 Å². The first kappa shape index (κ1) is 18.6. The van der Waals surface area contributed by atoms with Crippen LogP contribution < -0.4 is 0 Å². The molecule has 1 atom stereocenters. The van der Waals surface area contributed by atoms with Gasteiger partial charge in [0, 0.05) is 17.8 Å². The number of hydrogen-bond donors (Lipinski definition) is 0. The van der Waals surface area contributed by atoms with Gasteiger partial charge in [0.25, 0.3) is 5.09 Å². The van der Waals surface area contributed by atoms with Gasteiger partial charge in [-0.2, -0.15) is 0 Å². The van der Waals surface area contributed by atoms with Crippen molar-refractivity contribution in [1.29, 1.82) is 0 Å². The summed E-state index contributed by atoms with van der Waals surface area (Å²) in [5.74, 6) is -3.80. The Morgan fingerprint density at radius 2 is 1.50 bits per heavy atom. The molecule has 0 aromatic heterocycles. The second-order valence-corrected chi connectivity index (χ2v) is 3.95. The minimum absolute atomic E-state index is 0.440. The zero-order chi connectivity index (χ0) is 16.3. The monoisotopic (exact) mass is 316 g/mol. The molecule has 0 heterocycles. The molecule has 0 aromatic rings. The average molecular weight is 316 g/mol. The van der Waals surface area contributed by atoms with E-state index in [2.05, 4.69) is 9.57 Å². The Morgan fingerprint density at radius 3 is 1.70 bits per heavy atom. The van der Waals surface area contributed by atoms with E-state index in [0.29, 0.717) is 21.0 Å². The van der Waals surface area contributed by atoms with Gasteiger partial charge in [-0.1, -0.05) is 40.7 Å². The van der Waals surface area contributed by atoms with Crippen LogP contribution in [0.15, 0.2) is 0 Å². The Kier molecular flexibility index (Phi) is 5.94. The minimum Gasteiger partial charge on any atom is -0.337 e. The van der Waals surface area contributed by atoms with Crippen LogP contribution in [0, 0.1) is 15.5 Å². The van der Waals surface area contributed by atoms with Gasteiger partial charge in [0.1, 0.15) is 0 Å². The summed E-state index contributed by atoms with van der Waals surface area (Å²) in [5.41, 5.74) is -2.98. The van der Waals surface area contributed by atoms with Crippen LogP contribution in [0.4, 0.5) is 26.9 Å². The highest BCUT2D eigenvalue weighted by Crippen LogP contribution is 2.45. The number of rotatable bonds is 8. The molecule has 14 heteroatoms. The molecule has 0 fully saturated rings. The van der Waals surface area contributed by atoms with Gasteiger partial charge in [-0.05, 0) is 0 Å². The molecule has 0 aliphatic heterocycles. The van der Waals surface area contributed by atoms with Crippen LogP contribution in [0.25, 0.3) is 0 Å². The maximum absolute atomic E-state index is 12.8. The Hall–Kier alpha value is -1.38. The van der Waals surface area contributed by atoms with Crippen LogP contribution in [-0.2, 0) is 9.57 Å². The lowest BCUT2D eigenvalue weighted by molar-refractivity contribution is -0.823. The lowest BCUT2D eigenvalue weighted by Gasteiger charge is -2.44. The van der Waals surface area contributed by atoms with E-state index in [0.717, 1.165) is 0 Å². The Balaban J connectivity index is 5.91. The van der Waals surface area contributed by atoms with Gasteiger partial charge >= 0.3 is 5.91 Å². The van der Waals surface area contributed by atoms with Crippen LogP contribution in [0.3, 0.4) is 0 Å². The molecule has 0 rings (SSSR count). The Bertz CT molecular complexity index is 337. The third kappa shape index (κ3) is 3.20. The summed E-state index contributed by atoms with van der Waals surface area (Å²) in [6.07, 6.45) is -3.30. The van der Waals surface area contributed by atoms with E-state index in [4.69, 9.17) is 0 Å². The fraction of sp³-hybridized carbons (Fsp3) is 1.00. The van der Waals surface area contributed by atoms with Crippen molar-refractivity contribution in [1.82, 2.24) is 16.0 Å². The van der Waals surface area contributed by atoms with Crippen LogP contribution >= 0.6 is 0 Å². The SMILES string of the molecule is COC(O[N+](=O)[O-])(N(F)F)C(C)(C)C(N(F)F)N(F)F. The van der Waals surface area contributed by atoms with Crippen molar-refractivity contribution in [3.8, 4) is 0 Å². The molecule has 0 aliphatic carbocycles. The summed E-state index contributed by atoms with van der Waals surface area (Å²) in [7, 11) is 0.441. The number of hydrogen-bond acceptors (Lipinski definition) is 7. The van der Waals surface area contributed by atoms with E-state index >= 15 is 0 Å². The predicted octanol–water partition coefficient (Wildman–Crippen LogP) is 2.06. The van der Waals surface area contributed by atoms with Crippen molar-refractivity contribution in [3.63, 3.8) is 0 Å². The van der Waals surface area contributed by atoms with E-state index in [9.17, 15) is 37.0 Å². The van der Waals surface area contributed by atoms with Crippen LogP contribution in [0.2, 0.25) is 0 Å². The van der Waals surface area contributed by atoms with Gasteiger partial charge in [-0.3, -0.25) is 4.84 Å². The second kappa shape index (κ2) is 6.38. The number of halogens is 6. The molecule has 0 saturated carbocycles. The molecule has 0 bridgehead atoms. The molecule has 0 N–H and O–H groups in total. The molecule has 0 aromatic carbocycles. The third-order valence-corrected chi connectivity index (χ3v) is 2.53. The molecule has 0 aliphatic rings. The highest BCUT2D eigenvalue weighted by atomic mass is 19.4. The molecule has 120 valence electrons. The smallest absolute Gasteiger partial charge is 0.337 e. The third-order valence-electron chi connectivity index (χ3n) is 2.53. The standard InChI is InChI=1S/C6H10F6N4O4/c1-5(2,4(13(7)8)14(9)10)6(19-3,15(11)12)20-16(17)18/h4H,1-3H3. The Morgan fingerprint density at radius 1 is 1.10 bits per heavy atom. The van der Waals surface area contributed by atoms with E-state index < -0.39 is 38.6 Å². The minimum atomic E-state index is -3.80. The van der Waals surface area contributed by atoms with Gasteiger partial charge in [0.05, 0.1) is 10.8 Å². The van der Waals surface area contributed by atoms with Gasteiger partial charge in [0.15, 0.2) is 6.17 Å². The fourth-order valence-corrected chi connectivity index (χ4v) is 1.55. The summed E-state index contributed by atoms with van der Waals surface area (Å²) in [4.78, 5) is 13.8. The second-order valence-electron chi connectivity index (χ2n) is 3.95. The van der Waals surface area contributed by atoms with Crippen LogP contribution in [0.1, 0.15) is 13.8 Å². The zero-order valence-electron chi connectivity index (χ0n) is 10.3. The van der Waals surface area contributed by atoms with Gasteiger partial charge in [-0.15, -0.1) is 10.1 Å². The van der Waals surface area contributed by atoms with Crippen molar-refractivity contribution in [2.75, 3.05) is 7.11 Å². The lowest BCUT2D eigenvalue weighted by Crippen LogP contribution is -2.65. The molecule has 1 unspecified atom stereocenters. The molecular weight excluding hydrogens is 306 g/mol. The first-order valence-corrected chi connectivity index (χ1v) is 4.66.